The van der Waals surface area contributed by atoms with E-state index in [0.29, 0.717) is 25.3 Å². The zero-order valence-corrected chi connectivity index (χ0v) is 19.0. The van der Waals surface area contributed by atoms with Crippen LogP contribution in [-0.4, -0.2) is 42.5 Å². The van der Waals surface area contributed by atoms with Gasteiger partial charge in [0.2, 0.25) is 0 Å². The van der Waals surface area contributed by atoms with E-state index in [0.717, 1.165) is 16.3 Å². The number of halogens is 2. The number of carbonyl (C=O) groups is 1. The molecule has 8 heteroatoms. The van der Waals surface area contributed by atoms with Gasteiger partial charge in [-0.05, 0) is 42.3 Å². The maximum Gasteiger partial charge on any atom is 0.273 e. The molecule has 0 radical (unpaired) electrons. The Labute approximate surface area is 193 Å². The van der Waals surface area contributed by atoms with Crippen molar-refractivity contribution in [2.45, 2.75) is 5.92 Å². The number of methoxy groups -OCH3 is 1. The predicted molar refractivity (Wildman–Crippen MR) is 126 cm³/mol. The van der Waals surface area contributed by atoms with E-state index in [1.54, 1.807) is 7.11 Å². The minimum atomic E-state index is -0.0205. The number of amides is 1. The van der Waals surface area contributed by atoms with Gasteiger partial charge in [-0.15, -0.1) is 36.2 Å². The molecular weight excluding hydrogens is 441 g/mol. The number of carbonyl (C=O) groups excluding carboxylic acids is 1. The van der Waals surface area contributed by atoms with Crippen LogP contribution in [0.2, 0.25) is 0 Å². The average molecular weight is 466 g/mol. The van der Waals surface area contributed by atoms with Gasteiger partial charge >= 0.3 is 0 Å². The Kier molecular flexibility index (Phi) is 8.67. The maximum absolute atomic E-state index is 13.0. The van der Waals surface area contributed by atoms with E-state index in [1.165, 1.54) is 16.9 Å². The quantitative estimate of drug-likeness (QED) is 0.602. The number of nitrogens with zero attached hydrogens (tertiary/aromatic N) is 2. The summed E-state index contributed by atoms with van der Waals surface area (Å²) < 4.78 is 5.20. The van der Waals surface area contributed by atoms with Crippen LogP contribution < -0.4 is 10.5 Å². The third-order valence-corrected chi connectivity index (χ3v) is 6.21. The van der Waals surface area contributed by atoms with Crippen molar-refractivity contribution in [2.24, 2.45) is 11.7 Å². The molecule has 1 saturated heterocycles. The van der Waals surface area contributed by atoms with E-state index < -0.39 is 0 Å². The van der Waals surface area contributed by atoms with Crippen molar-refractivity contribution in [3.8, 4) is 16.3 Å². The molecule has 0 unspecified atom stereocenters. The van der Waals surface area contributed by atoms with E-state index in [-0.39, 0.29) is 42.6 Å². The SMILES string of the molecule is COc1ccc(-c2nc(C(=O)N3C[C@@H](CN)[C@H](c4ccccc4)C3)cs2)cc1.Cl.Cl. The lowest BCUT2D eigenvalue weighted by molar-refractivity contribution is 0.0781. The van der Waals surface area contributed by atoms with E-state index in [9.17, 15) is 4.79 Å². The molecule has 0 saturated carbocycles. The van der Waals surface area contributed by atoms with Gasteiger partial charge in [0.25, 0.3) is 5.91 Å². The van der Waals surface area contributed by atoms with Crippen molar-refractivity contribution in [1.82, 2.24) is 9.88 Å². The number of hydrogen-bond acceptors (Lipinski definition) is 5. The van der Waals surface area contributed by atoms with Crippen LogP contribution in [0.4, 0.5) is 0 Å². The first-order chi connectivity index (χ1) is 13.7. The van der Waals surface area contributed by atoms with Crippen molar-refractivity contribution < 1.29 is 9.53 Å². The molecule has 3 aromatic rings. The van der Waals surface area contributed by atoms with Crippen LogP contribution in [0.15, 0.2) is 60.0 Å². The summed E-state index contributed by atoms with van der Waals surface area (Å²) in [5.74, 6) is 1.32. The lowest BCUT2D eigenvalue weighted by Gasteiger charge is -2.16. The van der Waals surface area contributed by atoms with Gasteiger partial charge in [-0.3, -0.25) is 4.79 Å². The van der Waals surface area contributed by atoms with Crippen LogP contribution in [0, 0.1) is 5.92 Å². The predicted octanol–water partition coefficient (Wildman–Crippen LogP) is 4.48. The minimum absolute atomic E-state index is 0. The highest BCUT2D eigenvalue weighted by atomic mass is 35.5. The summed E-state index contributed by atoms with van der Waals surface area (Å²) in [6, 6.07) is 18.0. The summed E-state index contributed by atoms with van der Waals surface area (Å²) in [6.45, 7) is 1.92. The fourth-order valence-corrected chi connectivity index (χ4v) is 4.55. The van der Waals surface area contributed by atoms with Crippen molar-refractivity contribution >= 4 is 42.1 Å². The van der Waals surface area contributed by atoms with E-state index >= 15 is 0 Å². The average Bonchev–Trinajstić information content (AvgIpc) is 3.41. The van der Waals surface area contributed by atoms with Crippen LogP contribution in [0.5, 0.6) is 5.75 Å². The summed E-state index contributed by atoms with van der Waals surface area (Å²) in [7, 11) is 1.64. The van der Waals surface area contributed by atoms with Gasteiger partial charge in [-0.25, -0.2) is 4.98 Å². The first-order valence-corrected chi connectivity index (χ1v) is 10.2. The number of nitrogens with two attached hydrogens (primary N) is 1. The summed E-state index contributed by atoms with van der Waals surface area (Å²) in [6.07, 6.45) is 0. The van der Waals surface area contributed by atoms with Gasteiger partial charge in [0, 0.05) is 30.0 Å². The molecule has 2 aromatic carbocycles. The lowest BCUT2D eigenvalue weighted by atomic mass is 9.89. The van der Waals surface area contributed by atoms with Gasteiger partial charge in [-0.2, -0.15) is 0 Å². The summed E-state index contributed by atoms with van der Waals surface area (Å²) in [5, 5.41) is 2.68. The Morgan fingerprint density at radius 3 is 2.47 bits per heavy atom. The molecule has 5 nitrogen and oxygen atoms in total. The number of ether oxygens (including phenoxy) is 1. The highest BCUT2D eigenvalue weighted by Crippen LogP contribution is 2.33. The summed E-state index contributed by atoms with van der Waals surface area (Å²) in [4.78, 5) is 19.5. The number of aromatic nitrogens is 1. The molecule has 0 aliphatic carbocycles. The molecule has 1 aliphatic rings. The zero-order valence-electron chi connectivity index (χ0n) is 16.6. The Bertz CT molecular complexity index is 951. The third-order valence-electron chi connectivity index (χ3n) is 5.32. The minimum Gasteiger partial charge on any atom is -0.497 e. The molecule has 0 spiro atoms. The van der Waals surface area contributed by atoms with Gasteiger partial charge in [-0.1, -0.05) is 30.3 Å². The largest absolute Gasteiger partial charge is 0.497 e. The van der Waals surface area contributed by atoms with Crippen LogP contribution in [-0.2, 0) is 0 Å². The lowest BCUT2D eigenvalue weighted by Crippen LogP contribution is -2.30. The van der Waals surface area contributed by atoms with E-state index in [2.05, 4.69) is 17.1 Å². The van der Waals surface area contributed by atoms with Gasteiger partial charge < -0.3 is 15.4 Å². The topological polar surface area (TPSA) is 68.5 Å². The molecule has 1 amide bonds. The van der Waals surface area contributed by atoms with Crippen molar-refractivity contribution in [3.63, 3.8) is 0 Å². The molecule has 2 N–H and O–H groups in total. The van der Waals surface area contributed by atoms with Gasteiger partial charge in [0.1, 0.15) is 16.5 Å². The smallest absolute Gasteiger partial charge is 0.273 e. The van der Waals surface area contributed by atoms with Crippen molar-refractivity contribution in [1.29, 1.82) is 0 Å². The second kappa shape index (κ2) is 10.8. The number of benzene rings is 2. The number of hydrogen-bond donors (Lipinski definition) is 1. The first kappa shape index (κ1) is 24.2. The van der Waals surface area contributed by atoms with Crippen LogP contribution in [0.3, 0.4) is 0 Å². The number of rotatable bonds is 5. The van der Waals surface area contributed by atoms with Gasteiger partial charge in [0.05, 0.1) is 7.11 Å². The Morgan fingerprint density at radius 2 is 1.83 bits per heavy atom. The molecule has 1 fully saturated rings. The standard InChI is InChI=1S/C22H23N3O2S.2ClH/c1-27-18-9-7-16(8-10-18)21-24-20(14-28-21)22(26)25-12-17(11-23)19(13-25)15-5-3-2-4-6-15;;/h2-10,14,17,19H,11-13,23H2,1H3;2*1H/t17-,19+;;/m1../s1. The molecule has 2 heterocycles. The fraction of sp³-hybridized carbons (Fsp3) is 0.273. The summed E-state index contributed by atoms with van der Waals surface area (Å²) in [5.41, 5.74) is 8.73. The highest BCUT2D eigenvalue weighted by molar-refractivity contribution is 7.13. The molecule has 4 rings (SSSR count). The molecule has 30 heavy (non-hydrogen) atoms. The molecule has 0 bridgehead atoms. The second-order valence-corrected chi connectivity index (χ2v) is 7.85. The van der Waals surface area contributed by atoms with E-state index in [4.69, 9.17) is 10.5 Å². The van der Waals surface area contributed by atoms with Gasteiger partial charge in [0.15, 0.2) is 0 Å². The van der Waals surface area contributed by atoms with Crippen LogP contribution in [0.1, 0.15) is 22.0 Å². The van der Waals surface area contributed by atoms with E-state index in [1.807, 2.05) is 52.7 Å². The maximum atomic E-state index is 13.0. The normalized spacial score (nSPS) is 17.7. The number of likely N-dealkylation sites (tertiary alicyclic amines) is 1. The zero-order chi connectivity index (χ0) is 19.5. The highest BCUT2D eigenvalue weighted by Gasteiger charge is 2.36. The molecule has 1 aromatic heterocycles. The van der Waals surface area contributed by atoms with Crippen LogP contribution >= 0.6 is 36.2 Å². The fourth-order valence-electron chi connectivity index (χ4n) is 3.75. The van der Waals surface area contributed by atoms with Crippen molar-refractivity contribution in [2.75, 3.05) is 26.7 Å². The molecule has 1 aliphatic heterocycles. The molecule has 160 valence electrons. The Morgan fingerprint density at radius 1 is 1.13 bits per heavy atom. The third kappa shape index (κ3) is 4.95. The first-order valence-electron chi connectivity index (χ1n) is 9.34. The van der Waals surface area contributed by atoms with Crippen LogP contribution in [0.25, 0.3) is 10.6 Å². The Balaban J connectivity index is 0.00000160. The monoisotopic (exact) mass is 465 g/mol. The van der Waals surface area contributed by atoms with Crippen molar-refractivity contribution in [3.05, 3.63) is 71.2 Å². The molecular formula is C22H25Cl2N3O2S. The summed E-state index contributed by atoms with van der Waals surface area (Å²) >= 11 is 1.48. The number of thiazole rings is 1. The molecule has 2 atom stereocenters. The second-order valence-electron chi connectivity index (χ2n) is 6.99. The Hall–Kier alpha value is -2.12.